The topological polar surface area (TPSA) is 66.5 Å². The van der Waals surface area contributed by atoms with E-state index < -0.39 is 11.3 Å². The van der Waals surface area contributed by atoms with Gasteiger partial charge in [0.25, 0.3) is 0 Å². The van der Waals surface area contributed by atoms with Gasteiger partial charge in [0, 0.05) is 13.0 Å². The predicted molar refractivity (Wildman–Crippen MR) is 115 cm³/mol. The van der Waals surface area contributed by atoms with Crippen LogP contribution in [0.3, 0.4) is 0 Å². The first kappa shape index (κ1) is 21.2. The molecule has 7 heteroatoms. The van der Waals surface area contributed by atoms with Crippen molar-refractivity contribution in [1.29, 1.82) is 0 Å². The number of hydrogen-bond acceptors (Lipinski definition) is 5. The molecular formula is C21H28N2O3S2. The van der Waals surface area contributed by atoms with E-state index in [4.69, 9.17) is 0 Å². The Labute approximate surface area is 175 Å². The SMILES string of the molecule is CC(=O)SC(Cc1ccccc1)C(=O)N[C@H]1CCSC2CCCC(C)N2C1=O. The Kier molecular flexibility index (Phi) is 7.46. The number of thioether (sulfide) groups is 2. The smallest absolute Gasteiger partial charge is 0.246 e. The van der Waals surface area contributed by atoms with Crippen LogP contribution >= 0.6 is 23.5 Å². The summed E-state index contributed by atoms with van der Waals surface area (Å²) in [5.41, 5.74) is 1.00. The third-order valence-electron chi connectivity index (χ3n) is 5.31. The van der Waals surface area contributed by atoms with E-state index in [0.717, 1.165) is 42.3 Å². The first-order chi connectivity index (χ1) is 13.5. The normalized spacial score (nSPS) is 26.1. The summed E-state index contributed by atoms with van der Waals surface area (Å²) in [6.45, 7) is 3.57. The Morgan fingerprint density at radius 1 is 1.25 bits per heavy atom. The van der Waals surface area contributed by atoms with Gasteiger partial charge in [-0.15, -0.1) is 11.8 Å². The fourth-order valence-electron chi connectivity index (χ4n) is 3.91. The Morgan fingerprint density at radius 2 is 2.00 bits per heavy atom. The molecule has 2 fully saturated rings. The maximum atomic E-state index is 13.2. The minimum atomic E-state index is -0.529. The average Bonchev–Trinajstić information content (AvgIpc) is 2.82. The predicted octanol–water partition coefficient (Wildman–Crippen LogP) is 3.23. The van der Waals surface area contributed by atoms with Gasteiger partial charge in [0.2, 0.25) is 11.8 Å². The summed E-state index contributed by atoms with van der Waals surface area (Å²) in [6.07, 6.45) is 4.29. The second-order valence-corrected chi connectivity index (χ2v) is 10.2. The zero-order chi connectivity index (χ0) is 20.1. The highest BCUT2D eigenvalue weighted by molar-refractivity contribution is 8.14. The molecule has 2 amide bonds. The zero-order valence-electron chi connectivity index (χ0n) is 16.4. The van der Waals surface area contributed by atoms with Crippen molar-refractivity contribution >= 4 is 40.5 Å². The number of fused-ring (bicyclic) bond motifs is 1. The van der Waals surface area contributed by atoms with Gasteiger partial charge in [-0.05, 0) is 50.3 Å². The Bertz CT molecular complexity index is 713. The summed E-state index contributed by atoms with van der Waals surface area (Å²) in [7, 11) is 0. The van der Waals surface area contributed by atoms with Crippen LogP contribution in [0.1, 0.15) is 45.1 Å². The van der Waals surface area contributed by atoms with Crippen LogP contribution in [-0.4, -0.2) is 50.3 Å². The van der Waals surface area contributed by atoms with Gasteiger partial charge >= 0.3 is 0 Å². The van der Waals surface area contributed by atoms with Gasteiger partial charge in [0.1, 0.15) is 6.04 Å². The van der Waals surface area contributed by atoms with Crippen LogP contribution in [0, 0.1) is 0 Å². The van der Waals surface area contributed by atoms with Crippen LogP contribution < -0.4 is 5.32 Å². The Morgan fingerprint density at radius 3 is 2.71 bits per heavy atom. The molecule has 2 aliphatic heterocycles. The molecule has 1 aromatic carbocycles. The second-order valence-electron chi connectivity index (χ2n) is 7.49. The van der Waals surface area contributed by atoms with Crippen molar-refractivity contribution in [3.63, 3.8) is 0 Å². The molecule has 4 atom stereocenters. The van der Waals surface area contributed by atoms with E-state index in [0.29, 0.717) is 12.8 Å². The highest BCUT2D eigenvalue weighted by Gasteiger charge is 2.39. The number of amides is 2. The molecule has 5 nitrogen and oxygen atoms in total. The average molecular weight is 421 g/mol. The van der Waals surface area contributed by atoms with Gasteiger partial charge in [-0.3, -0.25) is 14.4 Å². The number of carbonyl (C=O) groups excluding carboxylic acids is 3. The van der Waals surface area contributed by atoms with Crippen molar-refractivity contribution in [1.82, 2.24) is 10.2 Å². The zero-order valence-corrected chi connectivity index (χ0v) is 18.1. The molecule has 3 unspecified atom stereocenters. The molecule has 1 aromatic rings. The molecule has 0 bridgehead atoms. The molecule has 2 aliphatic rings. The number of nitrogens with zero attached hydrogens (tertiary/aromatic N) is 1. The lowest BCUT2D eigenvalue weighted by atomic mass is 10.0. The Hall–Kier alpha value is -1.47. The van der Waals surface area contributed by atoms with E-state index in [-0.39, 0.29) is 28.3 Å². The van der Waals surface area contributed by atoms with Crippen molar-refractivity contribution in [2.75, 3.05) is 5.75 Å². The molecule has 3 rings (SSSR count). The van der Waals surface area contributed by atoms with Crippen LogP contribution in [0.2, 0.25) is 0 Å². The van der Waals surface area contributed by atoms with Crippen molar-refractivity contribution in [3.05, 3.63) is 35.9 Å². The first-order valence-corrected chi connectivity index (χ1v) is 11.8. The fraction of sp³-hybridized carbons (Fsp3) is 0.571. The molecule has 2 heterocycles. The molecule has 1 N–H and O–H groups in total. The number of carbonyl (C=O) groups is 3. The highest BCUT2D eigenvalue weighted by Crippen LogP contribution is 2.34. The first-order valence-electron chi connectivity index (χ1n) is 9.91. The summed E-state index contributed by atoms with van der Waals surface area (Å²) in [6, 6.07) is 9.39. The van der Waals surface area contributed by atoms with Gasteiger partial charge < -0.3 is 10.2 Å². The van der Waals surface area contributed by atoms with E-state index in [1.165, 1.54) is 6.92 Å². The summed E-state index contributed by atoms with van der Waals surface area (Å²) < 4.78 is 0. The van der Waals surface area contributed by atoms with Gasteiger partial charge in [-0.25, -0.2) is 0 Å². The summed E-state index contributed by atoms with van der Waals surface area (Å²) >= 11 is 2.86. The van der Waals surface area contributed by atoms with Gasteiger partial charge in [0.15, 0.2) is 5.12 Å². The molecule has 28 heavy (non-hydrogen) atoms. The number of rotatable bonds is 5. The second kappa shape index (κ2) is 9.83. The monoisotopic (exact) mass is 420 g/mol. The van der Waals surface area contributed by atoms with E-state index in [2.05, 4.69) is 12.2 Å². The largest absolute Gasteiger partial charge is 0.343 e. The minimum Gasteiger partial charge on any atom is -0.343 e. The van der Waals surface area contributed by atoms with Gasteiger partial charge in [-0.2, -0.15) is 0 Å². The van der Waals surface area contributed by atoms with E-state index in [9.17, 15) is 14.4 Å². The molecular weight excluding hydrogens is 392 g/mol. The van der Waals surface area contributed by atoms with Crippen LogP contribution in [0.4, 0.5) is 0 Å². The minimum absolute atomic E-state index is 0.0295. The van der Waals surface area contributed by atoms with Crippen molar-refractivity contribution in [3.8, 4) is 0 Å². The quantitative estimate of drug-likeness (QED) is 0.792. The van der Waals surface area contributed by atoms with Gasteiger partial charge in [-0.1, -0.05) is 42.1 Å². The van der Waals surface area contributed by atoms with Crippen LogP contribution in [0.15, 0.2) is 30.3 Å². The molecule has 0 spiro atoms. The number of nitrogens with one attached hydrogen (secondary N) is 1. The summed E-state index contributed by atoms with van der Waals surface area (Å²) in [4.78, 5) is 39.8. The lowest BCUT2D eigenvalue weighted by Gasteiger charge is -2.40. The molecule has 0 radical (unpaired) electrons. The third kappa shape index (κ3) is 5.32. The maximum absolute atomic E-state index is 13.2. The van der Waals surface area contributed by atoms with Crippen molar-refractivity contribution < 1.29 is 14.4 Å². The molecule has 0 aromatic heterocycles. The van der Waals surface area contributed by atoms with E-state index >= 15 is 0 Å². The molecule has 0 saturated carbocycles. The highest BCUT2D eigenvalue weighted by atomic mass is 32.2. The van der Waals surface area contributed by atoms with E-state index in [1.807, 2.05) is 47.0 Å². The van der Waals surface area contributed by atoms with Crippen molar-refractivity contribution in [2.45, 2.75) is 68.7 Å². The third-order valence-corrected chi connectivity index (χ3v) is 7.62. The van der Waals surface area contributed by atoms with Crippen molar-refractivity contribution in [2.24, 2.45) is 0 Å². The fourth-order valence-corrected chi connectivity index (χ4v) is 6.21. The molecule has 0 aliphatic carbocycles. The lowest BCUT2D eigenvalue weighted by molar-refractivity contribution is -0.139. The summed E-state index contributed by atoms with van der Waals surface area (Å²) in [5.74, 6) is 0.658. The lowest BCUT2D eigenvalue weighted by Crippen LogP contribution is -2.55. The van der Waals surface area contributed by atoms with Gasteiger partial charge in [0.05, 0.1) is 10.6 Å². The Balaban J connectivity index is 1.70. The standard InChI is InChI=1S/C21H28N2O3S2/c1-14-7-6-10-19-23(14)21(26)17(11-12-27-19)22-20(25)18(28-15(2)24)13-16-8-4-3-5-9-16/h3-5,8-9,14,17-19H,6-7,10-13H2,1-2H3,(H,22,25)/t14?,17-,18?,19?/m0/s1. The number of piperidine rings is 1. The van der Waals surface area contributed by atoms with Crippen LogP contribution in [0.25, 0.3) is 0 Å². The number of hydrogen-bond donors (Lipinski definition) is 1. The maximum Gasteiger partial charge on any atom is 0.246 e. The summed E-state index contributed by atoms with van der Waals surface area (Å²) in [5, 5.41) is 2.57. The van der Waals surface area contributed by atoms with Crippen LogP contribution in [-0.2, 0) is 20.8 Å². The van der Waals surface area contributed by atoms with E-state index in [1.54, 1.807) is 0 Å². The van der Waals surface area contributed by atoms with Crippen LogP contribution in [0.5, 0.6) is 0 Å². The number of benzene rings is 1. The molecule has 152 valence electrons. The molecule has 2 saturated heterocycles.